The van der Waals surface area contributed by atoms with Gasteiger partial charge in [-0.15, -0.1) is 11.3 Å². The van der Waals surface area contributed by atoms with Gasteiger partial charge in [-0.2, -0.15) is 0 Å². The molecule has 0 spiro atoms. The van der Waals surface area contributed by atoms with Gasteiger partial charge in [0.1, 0.15) is 0 Å². The van der Waals surface area contributed by atoms with Crippen LogP contribution < -0.4 is 11.3 Å². The molecule has 0 saturated heterocycles. The molecule has 0 fully saturated rings. The Morgan fingerprint density at radius 2 is 2.15 bits per heavy atom. The van der Waals surface area contributed by atoms with Gasteiger partial charge in [-0.3, -0.25) is 16.3 Å². The minimum absolute atomic E-state index is 0.0351. The molecule has 3 rings (SSSR count). The van der Waals surface area contributed by atoms with Crippen molar-refractivity contribution in [3.05, 3.63) is 64.8 Å². The van der Waals surface area contributed by atoms with Crippen molar-refractivity contribution in [3.63, 3.8) is 0 Å². The maximum atomic E-state index is 5.73. The standard InChI is InChI=1S/C16H17N3S/c1-11-6-7-18-14(8-11)15(19-17)9-12-10-20-16-5-3-2-4-13(12)16/h2-8,10,15,19H,9,17H2,1H3. The molecule has 1 unspecified atom stereocenters. The number of hydrazine groups is 1. The average Bonchev–Trinajstić information content (AvgIpc) is 2.88. The van der Waals surface area contributed by atoms with Crippen molar-refractivity contribution in [1.29, 1.82) is 0 Å². The van der Waals surface area contributed by atoms with Gasteiger partial charge in [0.15, 0.2) is 0 Å². The van der Waals surface area contributed by atoms with Gasteiger partial charge in [0, 0.05) is 10.9 Å². The molecule has 0 amide bonds. The fourth-order valence-electron chi connectivity index (χ4n) is 2.41. The Bertz CT molecular complexity index is 720. The number of nitrogens with two attached hydrogens (primary N) is 1. The lowest BCUT2D eigenvalue weighted by Gasteiger charge is -2.15. The molecule has 102 valence electrons. The van der Waals surface area contributed by atoms with E-state index in [-0.39, 0.29) is 6.04 Å². The molecular weight excluding hydrogens is 266 g/mol. The highest BCUT2D eigenvalue weighted by Gasteiger charge is 2.14. The third kappa shape index (κ3) is 2.58. The zero-order valence-corrected chi connectivity index (χ0v) is 12.2. The van der Waals surface area contributed by atoms with Gasteiger partial charge in [0.2, 0.25) is 0 Å². The van der Waals surface area contributed by atoms with Crippen molar-refractivity contribution in [1.82, 2.24) is 10.4 Å². The van der Waals surface area contributed by atoms with Crippen LogP contribution in [0.5, 0.6) is 0 Å². The third-order valence-electron chi connectivity index (χ3n) is 3.48. The molecule has 0 aliphatic rings. The Kier molecular flexibility index (Phi) is 3.78. The molecule has 4 heteroatoms. The topological polar surface area (TPSA) is 50.9 Å². The molecule has 0 bridgehead atoms. The van der Waals surface area contributed by atoms with Crippen molar-refractivity contribution in [2.45, 2.75) is 19.4 Å². The summed E-state index contributed by atoms with van der Waals surface area (Å²) in [6.45, 7) is 2.07. The molecule has 20 heavy (non-hydrogen) atoms. The molecule has 1 aromatic carbocycles. The van der Waals surface area contributed by atoms with Crippen LogP contribution in [0.25, 0.3) is 10.1 Å². The third-order valence-corrected chi connectivity index (χ3v) is 4.49. The monoisotopic (exact) mass is 283 g/mol. The number of thiophene rings is 1. The Morgan fingerprint density at radius 3 is 2.95 bits per heavy atom. The summed E-state index contributed by atoms with van der Waals surface area (Å²) in [5, 5.41) is 3.52. The number of hydrogen-bond donors (Lipinski definition) is 2. The van der Waals surface area contributed by atoms with Gasteiger partial charge in [-0.05, 0) is 53.4 Å². The van der Waals surface area contributed by atoms with E-state index in [4.69, 9.17) is 5.84 Å². The number of hydrogen-bond acceptors (Lipinski definition) is 4. The van der Waals surface area contributed by atoms with Crippen molar-refractivity contribution in [3.8, 4) is 0 Å². The predicted molar refractivity (Wildman–Crippen MR) is 84.6 cm³/mol. The highest BCUT2D eigenvalue weighted by Crippen LogP contribution is 2.29. The normalized spacial score (nSPS) is 12.7. The van der Waals surface area contributed by atoms with Crippen LogP contribution in [0.1, 0.15) is 22.9 Å². The number of nitrogens with zero attached hydrogens (tertiary/aromatic N) is 1. The Hall–Kier alpha value is -1.75. The van der Waals surface area contributed by atoms with Crippen molar-refractivity contribution in [2.24, 2.45) is 5.84 Å². The molecule has 0 radical (unpaired) electrons. The highest BCUT2D eigenvalue weighted by molar-refractivity contribution is 7.17. The van der Waals surface area contributed by atoms with Gasteiger partial charge >= 0.3 is 0 Å². The van der Waals surface area contributed by atoms with E-state index in [2.05, 4.69) is 53.0 Å². The maximum Gasteiger partial charge on any atom is 0.0673 e. The van der Waals surface area contributed by atoms with Crippen LogP contribution in [0.15, 0.2) is 48.0 Å². The van der Waals surface area contributed by atoms with E-state index in [1.54, 1.807) is 11.3 Å². The average molecular weight is 283 g/mol. The summed E-state index contributed by atoms with van der Waals surface area (Å²) in [5.41, 5.74) is 6.40. The van der Waals surface area contributed by atoms with E-state index < -0.39 is 0 Å². The largest absolute Gasteiger partial charge is 0.271 e. The summed E-state index contributed by atoms with van der Waals surface area (Å²) in [5.74, 6) is 5.73. The Balaban J connectivity index is 1.92. The summed E-state index contributed by atoms with van der Waals surface area (Å²) in [6, 6.07) is 12.6. The SMILES string of the molecule is Cc1ccnc(C(Cc2csc3ccccc23)NN)c1. The van der Waals surface area contributed by atoms with Gasteiger partial charge in [0.05, 0.1) is 11.7 Å². The number of rotatable bonds is 4. The summed E-state index contributed by atoms with van der Waals surface area (Å²) in [4.78, 5) is 4.43. The van der Waals surface area contributed by atoms with Crippen LogP contribution in [0.3, 0.4) is 0 Å². The number of fused-ring (bicyclic) bond motifs is 1. The van der Waals surface area contributed by atoms with Gasteiger partial charge in [-0.25, -0.2) is 0 Å². The van der Waals surface area contributed by atoms with E-state index in [1.807, 2.05) is 12.3 Å². The van der Waals surface area contributed by atoms with Crippen LogP contribution in [-0.2, 0) is 6.42 Å². The van der Waals surface area contributed by atoms with Crippen LogP contribution >= 0.6 is 11.3 Å². The zero-order valence-electron chi connectivity index (χ0n) is 11.3. The van der Waals surface area contributed by atoms with Crippen LogP contribution in [0.2, 0.25) is 0 Å². The second-order valence-corrected chi connectivity index (χ2v) is 5.85. The van der Waals surface area contributed by atoms with E-state index in [0.29, 0.717) is 0 Å². The van der Waals surface area contributed by atoms with Crippen molar-refractivity contribution in [2.75, 3.05) is 0 Å². The zero-order chi connectivity index (χ0) is 13.9. The minimum Gasteiger partial charge on any atom is -0.271 e. The molecule has 0 aliphatic heterocycles. The van der Waals surface area contributed by atoms with E-state index in [0.717, 1.165) is 12.1 Å². The Labute approximate surface area is 122 Å². The number of nitrogens with one attached hydrogen (secondary N) is 1. The summed E-state index contributed by atoms with van der Waals surface area (Å²) in [6.07, 6.45) is 2.68. The van der Waals surface area contributed by atoms with Gasteiger partial charge in [0.25, 0.3) is 0 Å². The first-order chi connectivity index (χ1) is 9.78. The minimum atomic E-state index is 0.0351. The van der Waals surface area contributed by atoms with Gasteiger partial charge in [-0.1, -0.05) is 18.2 Å². The Morgan fingerprint density at radius 1 is 1.30 bits per heavy atom. The second-order valence-electron chi connectivity index (χ2n) is 4.94. The van der Waals surface area contributed by atoms with Crippen molar-refractivity contribution < 1.29 is 0 Å². The summed E-state index contributed by atoms with van der Waals surface area (Å²) < 4.78 is 1.32. The lowest BCUT2D eigenvalue weighted by molar-refractivity contribution is 0.540. The first kappa shape index (κ1) is 13.2. The second kappa shape index (κ2) is 5.71. The smallest absolute Gasteiger partial charge is 0.0673 e. The van der Waals surface area contributed by atoms with Crippen LogP contribution in [-0.4, -0.2) is 4.98 Å². The molecule has 2 heterocycles. The molecule has 3 nitrogen and oxygen atoms in total. The lowest BCUT2D eigenvalue weighted by atomic mass is 10.0. The lowest BCUT2D eigenvalue weighted by Crippen LogP contribution is -2.30. The molecule has 1 atom stereocenters. The van der Waals surface area contributed by atoms with Crippen LogP contribution in [0.4, 0.5) is 0 Å². The molecule has 0 aliphatic carbocycles. The summed E-state index contributed by atoms with van der Waals surface area (Å²) in [7, 11) is 0. The van der Waals surface area contributed by atoms with Gasteiger partial charge < -0.3 is 0 Å². The number of pyridine rings is 1. The number of benzene rings is 1. The molecule has 0 saturated carbocycles. The number of aromatic nitrogens is 1. The first-order valence-electron chi connectivity index (χ1n) is 6.61. The fourth-order valence-corrected chi connectivity index (χ4v) is 3.39. The number of aryl methyl sites for hydroxylation is 1. The first-order valence-corrected chi connectivity index (χ1v) is 7.49. The van der Waals surface area contributed by atoms with E-state index in [9.17, 15) is 0 Å². The molecular formula is C16H17N3S. The van der Waals surface area contributed by atoms with E-state index >= 15 is 0 Å². The van der Waals surface area contributed by atoms with Crippen molar-refractivity contribution >= 4 is 21.4 Å². The quantitative estimate of drug-likeness (QED) is 0.570. The maximum absolute atomic E-state index is 5.73. The van der Waals surface area contributed by atoms with E-state index in [1.165, 1.54) is 21.2 Å². The molecule has 3 aromatic rings. The fraction of sp³-hybridized carbons (Fsp3) is 0.188. The summed E-state index contributed by atoms with van der Waals surface area (Å²) >= 11 is 1.78. The molecule has 2 aromatic heterocycles. The predicted octanol–water partition coefficient (Wildman–Crippen LogP) is 3.35. The molecule has 3 N–H and O–H groups in total. The highest BCUT2D eigenvalue weighted by atomic mass is 32.1. The van der Waals surface area contributed by atoms with Crippen LogP contribution in [0, 0.1) is 6.92 Å².